The minimum Gasteiger partial charge on any atom is -0.497 e. The van der Waals surface area contributed by atoms with Crippen molar-refractivity contribution in [1.82, 2.24) is 9.88 Å². The molecule has 2 heterocycles. The van der Waals surface area contributed by atoms with Crippen LogP contribution in [0, 0.1) is 0 Å². The first-order valence-corrected chi connectivity index (χ1v) is 10.2. The summed E-state index contributed by atoms with van der Waals surface area (Å²) in [4.78, 5) is 30.9. The van der Waals surface area contributed by atoms with Crippen LogP contribution in [0.1, 0.15) is 18.9 Å². The normalized spacial score (nSPS) is 15.9. The first kappa shape index (κ1) is 19.5. The monoisotopic (exact) mass is 419 g/mol. The van der Waals surface area contributed by atoms with Crippen molar-refractivity contribution in [3.8, 4) is 5.75 Å². The smallest absolute Gasteiger partial charge is 0.266 e. The average Bonchev–Trinajstić information content (AvgIpc) is 3.27. The van der Waals surface area contributed by atoms with Gasteiger partial charge in [-0.1, -0.05) is 36.1 Å². The molecule has 0 saturated carbocycles. The predicted octanol–water partition coefficient (Wildman–Crippen LogP) is 3.77. The number of nitrogens with zero attached hydrogens (tertiary/aromatic N) is 2. The lowest BCUT2D eigenvalue weighted by Crippen LogP contribution is -2.31. The Morgan fingerprint density at radius 2 is 2.07 bits per heavy atom. The quantitative estimate of drug-likeness (QED) is 0.568. The highest BCUT2D eigenvalue weighted by Crippen LogP contribution is 2.37. The Balaban J connectivity index is 1.67. The second-order valence-electron chi connectivity index (χ2n) is 5.64. The maximum atomic E-state index is 12.8. The summed E-state index contributed by atoms with van der Waals surface area (Å²) < 4.78 is 5.63. The topological polar surface area (TPSA) is 71.5 Å². The molecule has 140 valence electrons. The molecule has 0 bridgehead atoms. The molecule has 0 spiro atoms. The lowest BCUT2D eigenvalue weighted by atomic mass is 10.1. The summed E-state index contributed by atoms with van der Waals surface area (Å²) in [7, 11) is 1.61. The van der Waals surface area contributed by atoms with E-state index in [0.29, 0.717) is 14.4 Å². The zero-order valence-corrected chi connectivity index (χ0v) is 17.2. The van der Waals surface area contributed by atoms with Gasteiger partial charge in [-0.15, -0.1) is 11.3 Å². The molecule has 1 N–H and O–H groups in total. The second-order valence-corrected chi connectivity index (χ2v) is 8.18. The number of amides is 2. The zero-order chi connectivity index (χ0) is 19.4. The van der Waals surface area contributed by atoms with Crippen molar-refractivity contribution in [2.45, 2.75) is 13.3 Å². The standard InChI is InChI=1S/C18H17N3O3S3/c1-11(12-3-5-13(24-2)6-4-12)15-16(23)21(18(25)27-15)9-7-14(22)20-17-19-8-10-26-17/h3-6,8,10H,7,9H2,1-2H3,(H,19,20,22)/b15-11+. The fraction of sp³-hybridized carbons (Fsp3) is 0.222. The molecule has 3 rings (SSSR count). The number of ether oxygens (including phenoxy) is 1. The van der Waals surface area contributed by atoms with Crippen LogP contribution < -0.4 is 10.1 Å². The van der Waals surface area contributed by atoms with Gasteiger partial charge < -0.3 is 10.1 Å². The van der Waals surface area contributed by atoms with Crippen LogP contribution in [0.25, 0.3) is 5.57 Å². The first-order chi connectivity index (χ1) is 13.0. The van der Waals surface area contributed by atoms with Gasteiger partial charge in [-0.05, 0) is 30.2 Å². The number of aromatic nitrogens is 1. The number of anilines is 1. The Morgan fingerprint density at radius 1 is 1.33 bits per heavy atom. The Kier molecular flexibility index (Phi) is 6.25. The van der Waals surface area contributed by atoms with E-state index in [0.717, 1.165) is 16.9 Å². The predicted molar refractivity (Wildman–Crippen MR) is 113 cm³/mol. The van der Waals surface area contributed by atoms with Crippen molar-refractivity contribution in [2.24, 2.45) is 0 Å². The van der Waals surface area contributed by atoms with E-state index >= 15 is 0 Å². The van der Waals surface area contributed by atoms with Crippen molar-refractivity contribution in [3.05, 3.63) is 46.3 Å². The summed E-state index contributed by atoms with van der Waals surface area (Å²) in [6.07, 6.45) is 1.77. The minimum atomic E-state index is -0.199. The summed E-state index contributed by atoms with van der Waals surface area (Å²) in [5.74, 6) is 0.389. The van der Waals surface area contributed by atoms with Gasteiger partial charge in [0.05, 0.1) is 12.0 Å². The number of methoxy groups -OCH3 is 1. The number of carbonyl (C=O) groups excluding carboxylic acids is 2. The Morgan fingerprint density at radius 3 is 2.70 bits per heavy atom. The van der Waals surface area contributed by atoms with Gasteiger partial charge in [0, 0.05) is 24.5 Å². The molecule has 1 aliphatic rings. The number of nitrogens with one attached hydrogen (secondary N) is 1. The van der Waals surface area contributed by atoms with Gasteiger partial charge in [0.2, 0.25) is 5.91 Å². The van der Waals surface area contributed by atoms with Crippen LogP contribution in [0.5, 0.6) is 5.75 Å². The minimum absolute atomic E-state index is 0.154. The van der Waals surface area contributed by atoms with E-state index in [2.05, 4.69) is 10.3 Å². The Bertz CT molecular complexity index is 892. The van der Waals surface area contributed by atoms with Gasteiger partial charge in [0.1, 0.15) is 10.1 Å². The van der Waals surface area contributed by atoms with Crippen molar-refractivity contribution < 1.29 is 14.3 Å². The third kappa shape index (κ3) is 4.55. The molecule has 0 atom stereocenters. The van der Waals surface area contributed by atoms with E-state index in [4.69, 9.17) is 17.0 Å². The number of hydrogen-bond donors (Lipinski definition) is 1. The first-order valence-electron chi connectivity index (χ1n) is 8.08. The number of thioether (sulfide) groups is 1. The molecule has 0 aliphatic carbocycles. The third-order valence-electron chi connectivity index (χ3n) is 3.95. The van der Waals surface area contributed by atoms with Gasteiger partial charge >= 0.3 is 0 Å². The Labute approximate surface area is 170 Å². The molecular formula is C18H17N3O3S3. The van der Waals surface area contributed by atoms with Crippen LogP contribution in [0.2, 0.25) is 0 Å². The summed E-state index contributed by atoms with van der Waals surface area (Å²) in [6.45, 7) is 2.13. The van der Waals surface area contributed by atoms with Gasteiger partial charge in [-0.25, -0.2) is 4.98 Å². The maximum absolute atomic E-state index is 12.8. The molecule has 1 aromatic heterocycles. The molecule has 27 heavy (non-hydrogen) atoms. The van der Waals surface area contributed by atoms with Gasteiger partial charge in [0.25, 0.3) is 5.91 Å². The van der Waals surface area contributed by atoms with E-state index in [9.17, 15) is 9.59 Å². The second kappa shape index (κ2) is 8.64. The summed E-state index contributed by atoms with van der Waals surface area (Å²) in [6, 6.07) is 7.51. The molecule has 9 heteroatoms. The highest BCUT2D eigenvalue weighted by Gasteiger charge is 2.33. The molecule has 2 amide bonds. The number of allylic oxidation sites excluding steroid dienone is 1. The molecular weight excluding hydrogens is 402 g/mol. The fourth-order valence-corrected chi connectivity index (χ4v) is 4.37. The number of rotatable bonds is 6. The zero-order valence-electron chi connectivity index (χ0n) is 14.7. The average molecular weight is 420 g/mol. The van der Waals surface area contributed by atoms with Crippen molar-refractivity contribution >= 4 is 62.2 Å². The van der Waals surface area contributed by atoms with E-state index in [-0.39, 0.29) is 24.8 Å². The van der Waals surface area contributed by atoms with Crippen LogP contribution >= 0.6 is 35.3 Å². The van der Waals surface area contributed by atoms with E-state index in [1.807, 2.05) is 31.2 Å². The molecule has 1 aromatic carbocycles. The highest BCUT2D eigenvalue weighted by molar-refractivity contribution is 8.26. The summed E-state index contributed by atoms with van der Waals surface area (Å²) in [5.41, 5.74) is 1.78. The summed E-state index contributed by atoms with van der Waals surface area (Å²) in [5, 5.41) is 5.03. The van der Waals surface area contributed by atoms with Crippen LogP contribution in [0.15, 0.2) is 40.7 Å². The van der Waals surface area contributed by atoms with Gasteiger partial charge in [-0.3, -0.25) is 14.5 Å². The fourth-order valence-electron chi connectivity index (χ4n) is 2.47. The third-order valence-corrected chi connectivity index (χ3v) is 6.19. The molecule has 6 nitrogen and oxygen atoms in total. The highest BCUT2D eigenvalue weighted by atomic mass is 32.2. The molecule has 1 aliphatic heterocycles. The van der Waals surface area contributed by atoms with Crippen LogP contribution in [-0.2, 0) is 9.59 Å². The molecule has 1 saturated heterocycles. The van der Waals surface area contributed by atoms with E-state index in [1.54, 1.807) is 18.7 Å². The van der Waals surface area contributed by atoms with Crippen LogP contribution in [0.3, 0.4) is 0 Å². The number of carbonyl (C=O) groups is 2. The van der Waals surface area contributed by atoms with E-state index in [1.165, 1.54) is 28.0 Å². The largest absolute Gasteiger partial charge is 0.497 e. The maximum Gasteiger partial charge on any atom is 0.266 e. The number of benzene rings is 1. The lowest BCUT2D eigenvalue weighted by molar-refractivity contribution is -0.122. The van der Waals surface area contributed by atoms with Crippen LogP contribution in [0.4, 0.5) is 5.13 Å². The molecule has 2 aromatic rings. The molecule has 1 fully saturated rings. The molecule has 0 radical (unpaired) electrons. The lowest BCUT2D eigenvalue weighted by Gasteiger charge is -2.14. The van der Waals surface area contributed by atoms with Crippen molar-refractivity contribution in [2.75, 3.05) is 19.0 Å². The van der Waals surface area contributed by atoms with Gasteiger partial charge in [0.15, 0.2) is 5.13 Å². The number of hydrogen-bond acceptors (Lipinski definition) is 7. The Hall–Kier alpha value is -2.23. The van der Waals surface area contributed by atoms with Gasteiger partial charge in [-0.2, -0.15) is 0 Å². The molecule has 0 unspecified atom stereocenters. The van der Waals surface area contributed by atoms with E-state index < -0.39 is 0 Å². The van der Waals surface area contributed by atoms with Crippen LogP contribution in [-0.4, -0.2) is 39.7 Å². The SMILES string of the molecule is COc1ccc(/C(C)=C2/SC(=S)N(CCC(=O)Nc3nccs3)C2=O)cc1. The number of thiazole rings is 1. The summed E-state index contributed by atoms with van der Waals surface area (Å²) >= 11 is 7.95. The van der Waals surface area contributed by atoms with Crippen molar-refractivity contribution in [3.63, 3.8) is 0 Å². The number of thiocarbonyl (C=S) groups is 1. The van der Waals surface area contributed by atoms with Crippen molar-refractivity contribution in [1.29, 1.82) is 0 Å².